The van der Waals surface area contributed by atoms with Gasteiger partial charge >= 0.3 is 6.18 Å². The lowest BCUT2D eigenvalue weighted by Crippen LogP contribution is -2.08. The average molecular weight is 405 g/mol. The Hall–Kier alpha value is -1.64. The number of aryl methyl sites for hydroxylation is 1. The zero-order valence-electron chi connectivity index (χ0n) is 11.1. The van der Waals surface area contributed by atoms with Gasteiger partial charge in [0.1, 0.15) is 0 Å². The Morgan fingerprint density at radius 2 is 1.22 bits per heavy atom. The normalized spacial score (nSPS) is 11.9. The Labute approximate surface area is 132 Å². The van der Waals surface area contributed by atoms with Crippen molar-refractivity contribution in [3.05, 3.63) is 56.8 Å². The summed E-state index contributed by atoms with van der Waals surface area (Å²) in [5.41, 5.74) is -3.58. The molecule has 23 heavy (non-hydrogen) atoms. The van der Waals surface area contributed by atoms with E-state index in [1.807, 2.05) is 0 Å². The summed E-state index contributed by atoms with van der Waals surface area (Å²) in [6.45, 7) is 1.19. The Morgan fingerprint density at radius 3 is 1.65 bits per heavy atom. The highest BCUT2D eigenvalue weighted by Crippen LogP contribution is 2.41. The molecule has 2 aromatic rings. The predicted molar refractivity (Wildman–Crippen MR) is 69.1 cm³/mol. The third-order valence-electron chi connectivity index (χ3n) is 3.06. The molecule has 0 fully saturated rings. The first kappa shape index (κ1) is 17.7. The molecule has 0 unspecified atom stereocenters. The van der Waals surface area contributed by atoms with E-state index in [1.165, 1.54) is 6.92 Å². The van der Waals surface area contributed by atoms with Crippen LogP contribution in [0.4, 0.5) is 35.1 Å². The van der Waals surface area contributed by atoms with E-state index >= 15 is 0 Å². The van der Waals surface area contributed by atoms with Gasteiger partial charge in [0.15, 0.2) is 23.3 Å². The third-order valence-corrected chi connectivity index (χ3v) is 4.11. The minimum atomic E-state index is -4.86. The van der Waals surface area contributed by atoms with Gasteiger partial charge in [-0.15, -0.1) is 0 Å². The van der Waals surface area contributed by atoms with Crippen LogP contribution in [0.3, 0.4) is 0 Å². The van der Waals surface area contributed by atoms with E-state index in [-0.39, 0.29) is 10.0 Å². The van der Waals surface area contributed by atoms with Crippen LogP contribution < -0.4 is 0 Å². The van der Waals surface area contributed by atoms with Crippen LogP contribution in [0.5, 0.6) is 0 Å². The third kappa shape index (κ3) is 2.93. The maximum absolute atomic E-state index is 13.8. The van der Waals surface area contributed by atoms with E-state index in [1.54, 1.807) is 0 Å². The van der Waals surface area contributed by atoms with Crippen LogP contribution >= 0.6 is 15.9 Å². The molecule has 0 nitrogen and oxygen atoms in total. The van der Waals surface area contributed by atoms with E-state index in [9.17, 15) is 35.1 Å². The summed E-state index contributed by atoms with van der Waals surface area (Å²) < 4.78 is 105. The molecular weight excluding hydrogens is 400 g/mol. The van der Waals surface area contributed by atoms with Gasteiger partial charge in [-0.2, -0.15) is 13.2 Å². The zero-order valence-corrected chi connectivity index (χ0v) is 12.6. The van der Waals surface area contributed by atoms with Gasteiger partial charge in [-0.1, -0.05) is 0 Å². The minimum absolute atomic E-state index is 0.0845. The first-order valence-electron chi connectivity index (χ1n) is 5.86. The van der Waals surface area contributed by atoms with Gasteiger partial charge < -0.3 is 0 Å². The molecule has 0 saturated carbocycles. The summed E-state index contributed by atoms with van der Waals surface area (Å²) in [4.78, 5) is 0. The lowest BCUT2D eigenvalue weighted by atomic mass is 9.98. The number of hydrogen-bond donors (Lipinski definition) is 0. The molecule has 0 saturated heterocycles. The Balaban J connectivity index is 2.91. The molecule has 0 aliphatic rings. The molecule has 124 valence electrons. The van der Waals surface area contributed by atoms with Crippen LogP contribution in [0.1, 0.15) is 11.1 Å². The number of hydrogen-bond acceptors (Lipinski definition) is 0. The van der Waals surface area contributed by atoms with E-state index in [2.05, 4.69) is 15.9 Å². The van der Waals surface area contributed by atoms with Crippen LogP contribution in [-0.4, -0.2) is 0 Å². The average Bonchev–Trinajstić information content (AvgIpc) is 2.46. The van der Waals surface area contributed by atoms with Crippen LogP contribution in [-0.2, 0) is 6.18 Å². The molecule has 2 aromatic carbocycles. The lowest BCUT2D eigenvalue weighted by molar-refractivity contribution is -0.137. The number of rotatable bonds is 1. The molecule has 0 N–H and O–H groups in total. The van der Waals surface area contributed by atoms with Crippen molar-refractivity contribution in [2.45, 2.75) is 13.1 Å². The first-order chi connectivity index (χ1) is 10.5. The van der Waals surface area contributed by atoms with Crippen molar-refractivity contribution in [3.8, 4) is 11.1 Å². The summed E-state index contributed by atoms with van der Waals surface area (Å²) >= 11 is 2.81. The minimum Gasteiger partial charge on any atom is -0.203 e. The Morgan fingerprint density at radius 1 is 0.783 bits per heavy atom. The van der Waals surface area contributed by atoms with Crippen molar-refractivity contribution in [3.63, 3.8) is 0 Å². The number of benzene rings is 2. The highest BCUT2D eigenvalue weighted by atomic mass is 79.9. The van der Waals surface area contributed by atoms with E-state index in [0.29, 0.717) is 12.1 Å². The predicted octanol–water partition coefficient (Wildman–Crippen LogP) is 6.14. The molecular formula is C14H5BrF8. The Bertz CT molecular complexity index is 766. The molecule has 0 aliphatic carbocycles. The molecule has 0 heterocycles. The van der Waals surface area contributed by atoms with Crippen molar-refractivity contribution in [2.24, 2.45) is 0 Å². The maximum Gasteiger partial charge on any atom is 0.416 e. The number of alkyl halides is 3. The molecule has 0 radical (unpaired) electrons. The molecule has 0 aliphatic heterocycles. The van der Waals surface area contributed by atoms with Crippen LogP contribution in [0.15, 0.2) is 16.6 Å². The standard InChI is InChI=1S/C14H5BrF8/c1-4-2-5(14(21,22)23)3-6(8(4)15)7-9(16)11(18)13(20)12(19)10(7)17/h2-3H,1H3. The van der Waals surface area contributed by atoms with E-state index in [0.717, 1.165) is 0 Å². The first-order valence-corrected chi connectivity index (χ1v) is 6.65. The topological polar surface area (TPSA) is 0 Å². The molecule has 0 amide bonds. The maximum atomic E-state index is 13.8. The van der Waals surface area contributed by atoms with E-state index < -0.39 is 52.0 Å². The summed E-state index contributed by atoms with van der Waals surface area (Å²) in [6, 6.07) is 0.995. The summed E-state index contributed by atoms with van der Waals surface area (Å²) in [5, 5.41) is 0. The van der Waals surface area contributed by atoms with Crippen LogP contribution in [0, 0.1) is 36.0 Å². The fourth-order valence-electron chi connectivity index (χ4n) is 1.96. The summed E-state index contributed by atoms with van der Waals surface area (Å²) in [6.07, 6.45) is -4.86. The summed E-state index contributed by atoms with van der Waals surface area (Å²) in [7, 11) is 0. The van der Waals surface area contributed by atoms with Gasteiger partial charge in [0.25, 0.3) is 0 Å². The van der Waals surface area contributed by atoms with Crippen molar-refractivity contribution >= 4 is 15.9 Å². The fourth-order valence-corrected chi connectivity index (χ4v) is 2.38. The fraction of sp³-hybridized carbons (Fsp3) is 0.143. The van der Waals surface area contributed by atoms with Gasteiger partial charge in [-0.05, 0) is 40.5 Å². The second-order valence-electron chi connectivity index (χ2n) is 4.60. The number of halogens is 9. The molecule has 0 aromatic heterocycles. The van der Waals surface area contributed by atoms with Crippen molar-refractivity contribution in [1.29, 1.82) is 0 Å². The zero-order chi connectivity index (χ0) is 17.7. The Kier molecular flexibility index (Phi) is 4.44. The van der Waals surface area contributed by atoms with Gasteiger partial charge in [-0.3, -0.25) is 0 Å². The van der Waals surface area contributed by atoms with Gasteiger partial charge in [-0.25, -0.2) is 22.0 Å². The second-order valence-corrected chi connectivity index (χ2v) is 5.39. The quantitative estimate of drug-likeness (QED) is 0.304. The molecule has 9 heteroatoms. The SMILES string of the molecule is Cc1cc(C(F)(F)F)cc(-c2c(F)c(F)c(F)c(F)c2F)c1Br. The van der Waals surface area contributed by atoms with Gasteiger partial charge in [0.05, 0.1) is 11.1 Å². The second kappa shape index (κ2) is 5.77. The lowest BCUT2D eigenvalue weighted by Gasteiger charge is -2.15. The van der Waals surface area contributed by atoms with Crippen LogP contribution in [0.25, 0.3) is 11.1 Å². The molecule has 0 atom stereocenters. The van der Waals surface area contributed by atoms with E-state index in [4.69, 9.17) is 0 Å². The van der Waals surface area contributed by atoms with Crippen molar-refractivity contribution in [1.82, 2.24) is 0 Å². The monoisotopic (exact) mass is 404 g/mol. The molecule has 0 bridgehead atoms. The smallest absolute Gasteiger partial charge is 0.203 e. The van der Waals surface area contributed by atoms with Crippen molar-refractivity contribution in [2.75, 3.05) is 0 Å². The molecule has 2 rings (SSSR count). The van der Waals surface area contributed by atoms with Crippen LogP contribution in [0.2, 0.25) is 0 Å². The highest BCUT2D eigenvalue weighted by Gasteiger charge is 2.34. The highest BCUT2D eigenvalue weighted by molar-refractivity contribution is 9.10. The van der Waals surface area contributed by atoms with Gasteiger partial charge in [0.2, 0.25) is 5.82 Å². The molecule has 0 spiro atoms. The summed E-state index contributed by atoms with van der Waals surface area (Å²) in [5.74, 6) is -11.3. The van der Waals surface area contributed by atoms with Gasteiger partial charge in [0, 0.05) is 10.0 Å². The largest absolute Gasteiger partial charge is 0.416 e. The van der Waals surface area contributed by atoms with Crippen molar-refractivity contribution < 1.29 is 35.1 Å².